The number of carbonyl (C=O) groups excluding carboxylic acids is 3. The third kappa shape index (κ3) is 4.31. The highest BCUT2D eigenvalue weighted by atomic mass is 16.2. The second-order valence-corrected chi connectivity index (χ2v) is 7.49. The van der Waals surface area contributed by atoms with Crippen LogP contribution in [0.1, 0.15) is 46.5 Å². The Hall–Kier alpha value is -1.43. The van der Waals surface area contributed by atoms with Gasteiger partial charge in [0.15, 0.2) is 0 Å². The lowest BCUT2D eigenvalue weighted by Crippen LogP contribution is -2.48. The van der Waals surface area contributed by atoms with Crippen LogP contribution in [0.2, 0.25) is 0 Å². The van der Waals surface area contributed by atoms with E-state index >= 15 is 0 Å². The van der Waals surface area contributed by atoms with Gasteiger partial charge in [-0.05, 0) is 37.0 Å². The molecule has 1 saturated carbocycles. The SMILES string of the molecule is CCC(NCC=O)C(=O)NCC(=O)N1CC2(C)CC(C)CC1C2. The Morgan fingerprint density at radius 1 is 1.39 bits per heavy atom. The third-order valence-electron chi connectivity index (χ3n) is 5.14. The van der Waals surface area contributed by atoms with Crippen LogP contribution in [-0.2, 0) is 14.4 Å². The molecular formula is C17H29N3O3. The number of amides is 2. The zero-order valence-corrected chi connectivity index (χ0v) is 14.4. The summed E-state index contributed by atoms with van der Waals surface area (Å²) in [6, 6.07) is -0.105. The fraction of sp³-hybridized carbons (Fsp3) is 0.824. The minimum Gasteiger partial charge on any atom is -0.346 e. The van der Waals surface area contributed by atoms with Crippen molar-refractivity contribution in [3.63, 3.8) is 0 Å². The zero-order valence-electron chi connectivity index (χ0n) is 14.4. The minimum atomic E-state index is -0.427. The molecule has 6 heteroatoms. The monoisotopic (exact) mass is 323 g/mol. The molecule has 2 rings (SSSR count). The first-order chi connectivity index (χ1) is 10.9. The van der Waals surface area contributed by atoms with Crippen molar-refractivity contribution in [1.82, 2.24) is 15.5 Å². The number of nitrogens with zero attached hydrogens (tertiary/aromatic N) is 1. The zero-order chi connectivity index (χ0) is 17.0. The minimum absolute atomic E-state index is 0.00594. The van der Waals surface area contributed by atoms with E-state index in [-0.39, 0.29) is 30.3 Å². The molecule has 2 fully saturated rings. The number of rotatable bonds is 7. The summed E-state index contributed by atoms with van der Waals surface area (Å²) in [5, 5.41) is 5.57. The molecule has 0 aromatic heterocycles. The van der Waals surface area contributed by atoms with Gasteiger partial charge in [0.25, 0.3) is 0 Å². The molecule has 2 bridgehead atoms. The normalized spacial score (nSPS) is 30.8. The summed E-state index contributed by atoms with van der Waals surface area (Å²) in [5.41, 5.74) is 0.236. The average Bonchev–Trinajstić information content (AvgIpc) is 2.75. The molecule has 130 valence electrons. The van der Waals surface area contributed by atoms with Gasteiger partial charge in [-0.2, -0.15) is 0 Å². The number of hydrogen-bond acceptors (Lipinski definition) is 4. The van der Waals surface area contributed by atoms with Crippen molar-refractivity contribution in [2.75, 3.05) is 19.6 Å². The van der Waals surface area contributed by atoms with Gasteiger partial charge in [-0.25, -0.2) is 0 Å². The molecule has 1 aliphatic heterocycles. The highest BCUT2D eigenvalue weighted by Gasteiger charge is 2.47. The Morgan fingerprint density at radius 2 is 2.13 bits per heavy atom. The van der Waals surface area contributed by atoms with Crippen LogP contribution in [0.25, 0.3) is 0 Å². The molecule has 4 unspecified atom stereocenters. The number of fused-ring (bicyclic) bond motifs is 2. The van der Waals surface area contributed by atoms with Crippen molar-refractivity contribution in [2.24, 2.45) is 11.3 Å². The van der Waals surface area contributed by atoms with E-state index in [1.54, 1.807) is 0 Å². The topological polar surface area (TPSA) is 78.5 Å². The predicted octanol–water partition coefficient (Wildman–Crippen LogP) is 0.707. The van der Waals surface area contributed by atoms with Crippen molar-refractivity contribution >= 4 is 18.1 Å². The molecule has 4 atom stereocenters. The Bertz CT molecular complexity index is 468. The first kappa shape index (κ1) is 17.9. The van der Waals surface area contributed by atoms with Gasteiger partial charge in [-0.3, -0.25) is 14.9 Å². The summed E-state index contributed by atoms with van der Waals surface area (Å²) in [4.78, 5) is 36.9. The molecule has 0 aromatic carbocycles. The lowest BCUT2D eigenvalue weighted by molar-refractivity contribution is -0.134. The smallest absolute Gasteiger partial charge is 0.242 e. The maximum atomic E-state index is 12.5. The van der Waals surface area contributed by atoms with Crippen LogP contribution < -0.4 is 10.6 Å². The van der Waals surface area contributed by atoms with E-state index in [0.717, 1.165) is 25.7 Å². The first-order valence-corrected chi connectivity index (χ1v) is 8.62. The number of hydrogen-bond donors (Lipinski definition) is 2. The van der Waals surface area contributed by atoms with Crippen molar-refractivity contribution in [2.45, 2.75) is 58.5 Å². The van der Waals surface area contributed by atoms with Crippen LogP contribution >= 0.6 is 0 Å². The van der Waals surface area contributed by atoms with E-state index < -0.39 is 6.04 Å². The largest absolute Gasteiger partial charge is 0.346 e. The molecule has 6 nitrogen and oxygen atoms in total. The van der Waals surface area contributed by atoms with Crippen LogP contribution in [0.4, 0.5) is 0 Å². The fourth-order valence-corrected chi connectivity index (χ4v) is 4.32. The summed E-state index contributed by atoms with van der Waals surface area (Å²) in [7, 11) is 0. The molecular weight excluding hydrogens is 294 g/mol. The van der Waals surface area contributed by atoms with Crippen molar-refractivity contribution in [3.8, 4) is 0 Å². The van der Waals surface area contributed by atoms with Crippen LogP contribution in [0, 0.1) is 11.3 Å². The lowest BCUT2D eigenvalue weighted by Gasteiger charge is -2.31. The third-order valence-corrected chi connectivity index (χ3v) is 5.14. The summed E-state index contributed by atoms with van der Waals surface area (Å²) in [6.45, 7) is 7.37. The van der Waals surface area contributed by atoms with Gasteiger partial charge in [-0.15, -0.1) is 0 Å². The molecule has 0 radical (unpaired) electrons. The predicted molar refractivity (Wildman–Crippen MR) is 87.8 cm³/mol. The number of carbonyl (C=O) groups is 3. The summed E-state index contributed by atoms with van der Waals surface area (Å²) in [5.74, 6) is 0.444. The molecule has 2 amide bonds. The van der Waals surface area contributed by atoms with Crippen LogP contribution in [0.5, 0.6) is 0 Å². The van der Waals surface area contributed by atoms with E-state index in [1.165, 1.54) is 6.42 Å². The number of nitrogens with one attached hydrogen (secondary N) is 2. The van der Waals surface area contributed by atoms with E-state index in [2.05, 4.69) is 24.5 Å². The molecule has 0 spiro atoms. The van der Waals surface area contributed by atoms with Gasteiger partial charge in [0.05, 0.1) is 19.1 Å². The molecule has 2 N–H and O–H groups in total. The molecule has 23 heavy (non-hydrogen) atoms. The molecule has 0 aromatic rings. The van der Waals surface area contributed by atoms with E-state index in [9.17, 15) is 14.4 Å². The van der Waals surface area contributed by atoms with Gasteiger partial charge in [0, 0.05) is 12.6 Å². The average molecular weight is 323 g/mol. The highest BCUT2D eigenvalue weighted by Crippen LogP contribution is 2.47. The van der Waals surface area contributed by atoms with Crippen molar-refractivity contribution in [1.29, 1.82) is 0 Å². The molecule has 1 saturated heterocycles. The van der Waals surface area contributed by atoms with Crippen LogP contribution in [0.15, 0.2) is 0 Å². The second kappa shape index (κ2) is 7.43. The van der Waals surface area contributed by atoms with Gasteiger partial charge in [0.1, 0.15) is 6.29 Å². The summed E-state index contributed by atoms with van der Waals surface area (Å²) >= 11 is 0. The fourth-order valence-electron chi connectivity index (χ4n) is 4.32. The molecule has 2 aliphatic rings. The molecule has 1 heterocycles. The Labute approximate surface area is 138 Å². The van der Waals surface area contributed by atoms with Gasteiger partial charge >= 0.3 is 0 Å². The van der Waals surface area contributed by atoms with Crippen LogP contribution in [-0.4, -0.2) is 54.7 Å². The summed E-state index contributed by atoms with van der Waals surface area (Å²) < 4.78 is 0. The standard InChI is InChI=1S/C17H29N3O3/c1-4-14(18-5-6-21)16(23)19-10-15(22)20-11-17(3)8-12(2)7-13(20)9-17/h6,12-14,18H,4-5,7-11H2,1-3H3,(H,19,23). The van der Waals surface area contributed by atoms with Crippen molar-refractivity contribution in [3.05, 3.63) is 0 Å². The van der Waals surface area contributed by atoms with Gasteiger partial charge < -0.3 is 15.0 Å². The molecule has 1 aliphatic carbocycles. The maximum absolute atomic E-state index is 12.5. The van der Waals surface area contributed by atoms with Crippen molar-refractivity contribution < 1.29 is 14.4 Å². The highest BCUT2D eigenvalue weighted by molar-refractivity contribution is 5.87. The Morgan fingerprint density at radius 3 is 2.78 bits per heavy atom. The summed E-state index contributed by atoms with van der Waals surface area (Å²) in [6.07, 6.45) is 4.62. The quantitative estimate of drug-likeness (QED) is 0.676. The second-order valence-electron chi connectivity index (χ2n) is 7.49. The van der Waals surface area contributed by atoms with E-state index in [4.69, 9.17) is 0 Å². The maximum Gasteiger partial charge on any atom is 0.242 e. The Balaban J connectivity index is 1.85. The Kier molecular flexibility index (Phi) is 5.79. The number of aldehydes is 1. The lowest BCUT2D eigenvalue weighted by atomic mass is 9.73. The van der Waals surface area contributed by atoms with E-state index in [0.29, 0.717) is 18.4 Å². The first-order valence-electron chi connectivity index (χ1n) is 8.62. The number of likely N-dealkylation sites (tertiary alicyclic amines) is 1. The van der Waals surface area contributed by atoms with Crippen LogP contribution in [0.3, 0.4) is 0 Å². The van der Waals surface area contributed by atoms with Gasteiger partial charge in [0.2, 0.25) is 11.8 Å². The van der Waals surface area contributed by atoms with Gasteiger partial charge in [-0.1, -0.05) is 20.8 Å². The van der Waals surface area contributed by atoms with E-state index in [1.807, 2.05) is 11.8 Å².